The first-order valence-corrected chi connectivity index (χ1v) is 8.89. The van der Waals surface area contributed by atoms with E-state index in [1.807, 2.05) is 42.5 Å². The predicted molar refractivity (Wildman–Crippen MR) is 105 cm³/mol. The number of aromatic nitrogens is 1. The quantitative estimate of drug-likeness (QED) is 0.705. The molecule has 2 aromatic carbocycles. The maximum absolute atomic E-state index is 12.9. The Hall–Kier alpha value is -3.14. The van der Waals surface area contributed by atoms with Crippen LogP contribution >= 0.6 is 0 Å². The Kier molecular flexibility index (Phi) is 4.40. The summed E-state index contributed by atoms with van der Waals surface area (Å²) in [5, 5.41) is 0. The molecule has 1 aliphatic rings. The minimum Gasteiger partial charge on any atom is -0.326 e. The van der Waals surface area contributed by atoms with Gasteiger partial charge in [-0.05, 0) is 48.7 Å². The third-order valence-corrected chi connectivity index (χ3v) is 4.79. The highest BCUT2D eigenvalue weighted by atomic mass is 16.2. The highest BCUT2D eigenvalue weighted by Crippen LogP contribution is 2.32. The van der Waals surface area contributed by atoms with Crippen LogP contribution in [0.5, 0.6) is 0 Å². The van der Waals surface area contributed by atoms with Crippen LogP contribution in [0.25, 0.3) is 0 Å². The fourth-order valence-electron chi connectivity index (χ4n) is 3.40. The molecule has 0 radical (unpaired) electrons. The van der Waals surface area contributed by atoms with E-state index >= 15 is 0 Å². The van der Waals surface area contributed by atoms with E-state index in [2.05, 4.69) is 34.1 Å². The van der Waals surface area contributed by atoms with Gasteiger partial charge in [0.2, 0.25) is 0 Å². The van der Waals surface area contributed by atoms with Crippen LogP contribution in [0.2, 0.25) is 0 Å². The molecule has 0 unspecified atom stereocenters. The molecule has 130 valence electrons. The molecule has 4 nitrogen and oxygen atoms in total. The number of carbonyl (C=O) groups is 1. The fourth-order valence-corrected chi connectivity index (χ4v) is 3.40. The molecule has 0 atom stereocenters. The summed E-state index contributed by atoms with van der Waals surface area (Å²) in [5.41, 5.74) is 3.83. The molecule has 0 saturated carbocycles. The molecule has 1 aliphatic heterocycles. The molecule has 4 rings (SSSR count). The van der Waals surface area contributed by atoms with Gasteiger partial charge in [-0.2, -0.15) is 0 Å². The van der Waals surface area contributed by atoms with Crippen molar-refractivity contribution in [3.8, 4) is 0 Å². The van der Waals surface area contributed by atoms with Gasteiger partial charge in [-0.25, -0.2) is 4.98 Å². The first-order valence-electron chi connectivity index (χ1n) is 8.89. The van der Waals surface area contributed by atoms with Crippen LogP contribution in [0.15, 0.2) is 72.8 Å². The molecule has 26 heavy (non-hydrogen) atoms. The SMILES string of the molecule is CN(C(=O)c1cccc(N2CCCc3ccccc32)n1)c1ccccc1. The lowest BCUT2D eigenvalue weighted by atomic mass is 10.0. The number of pyridine rings is 1. The molecule has 0 aliphatic carbocycles. The molecule has 4 heteroatoms. The summed E-state index contributed by atoms with van der Waals surface area (Å²) in [4.78, 5) is 21.4. The van der Waals surface area contributed by atoms with Gasteiger partial charge in [-0.3, -0.25) is 4.79 Å². The molecule has 1 aromatic heterocycles. The number of carbonyl (C=O) groups excluding carboxylic acids is 1. The van der Waals surface area contributed by atoms with E-state index < -0.39 is 0 Å². The number of fused-ring (bicyclic) bond motifs is 1. The number of benzene rings is 2. The number of hydrogen-bond acceptors (Lipinski definition) is 3. The van der Waals surface area contributed by atoms with E-state index in [4.69, 9.17) is 0 Å². The zero-order valence-electron chi connectivity index (χ0n) is 14.8. The lowest BCUT2D eigenvalue weighted by Gasteiger charge is -2.30. The van der Waals surface area contributed by atoms with Crippen LogP contribution < -0.4 is 9.80 Å². The second kappa shape index (κ2) is 7.00. The Labute approximate surface area is 153 Å². The average molecular weight is 343 g/mol. The van der Waals surface area contributed by atoms with Crippen LogP contribution in [0.3, 0.4) is 0 Å². The van der Waals surface area contributed by atoms with Crippen LogP contribution in [0.4, 0.5) is 17.2 Å². The number of anilines is 3. The summed E-state index contributed by atoms with van der Waals surface area (Å²) in [7, 11) is 1.78. The third-order valence-electron chi connectivity index (χ3n) is 4.79. The van der Waals surface area contributed by atoms with Crippen molar-refractivity contribution in [3.05, 3.63) is 84.1 Å². The standard InChI is InChI=1S/C22H21N3O/c1-24(18-11-3-2-4-12-18)22(26)19-13-7-15-21(23-19)25-16-8-10-17-9-5-6-14-20(17)25/h2-7,9,11-15H,8,10,16H2,1H3. The van der Waals surface area contributed by atoms with Gasteiger partial charge in [0.1, 0.15) is 11.5 Å². The van der Waals surface area contributed by atoms with Crippen molar-refractivity contribution in [2.75, 3.05) is 23.4 Å². The smallest absolute Gasteiger partial charge is 0.276 e. The predicted octanol–water partition coefficient (Wildman–Crippen LogP) is 4.44. The molecule has 0 spiro atoms. The lowest BCUT2D eigenvalue weighted by Crippen LogP contribution is -2.29. The first kappa shape index (κ1) is 16.3. The second-order valence-corrected chi connectivity index (χ2v) is 6.46. The lowest BCUT2D eigenvalue weighted by molar-refractivity contribution is 0.0988. The summed E-state index contributed by atoms with van der Waals surface area (Å²) >= 11 is 0. The molecule has 0 N–H and O–H groups in total. The molecule has 2 heterocycles. The zero-order chi connectivity index (χ0) is 17.9. The highest BCUT2D eigenvalue weighted by molar-refractivity contribution is 6.04. The molecule has 0 fully saturated rings. The number of nitrogens with zero attached hydrogens (tertiary/aromatic N) is 3. The Morgan fingerprint density at radius 1 is 0.962 bits per heavy atom. The van der Waals surface area contributed by atoms with Crippen molar-refractivity contribution in [2.45, 2.75) is 12.8 Å². The van der Waals surface area contributed by atoms with Crippen molar-refractivity contribution in [3.63, 3.8) is 0 Å². The number of amides is 1. The van der Waals surface area contributed by atoms with Crippen molar-refractivity contribution < 1.29 is 4.79 Å². The minimum absolute atomic E-state index is 0.108. The van der Waals surface area contributed by atoms with Gasteiger partial charge in [0, 0.05) is 25.0 Å². The summed E-state index contributed by atoms with van der Waals surface area (Å²) in [6, 6.07) is 23.7. The van der Waals surface area contributed by atoms with E-state index in [0.29, 0.717) is 5.69 Å². The van der Waals surface area contributed by atoms with Crippen LogP contribution in [0.1, 0.15) is 22.5 Å². The Bertz CT molecular complexity index is 923. The topological polar surface area (TPSA) is 36.4 Å². The van der Waals surface area contributed by atoms with Crippen molar-refractivity contribution in [1.29, 1.82) is 0 Å². The average Bonchev–Trinajstić information content (AvgIpc) is 2.73. The van der Waals surface area contributed by atoms with E-state index in [1.54, 1.807) is 18.0 Å². The summed E-state index contributed by atoms with van der Waals surface area (Å²) in [5.74, 6) is 0.716. The highest BCUT2D eigenvalue weighted by Gasteiger charge is 2.21. The zero-order valence-corrected chi connectivity index (χ0v) is 14.8. The van der Waals surface area contributed by atoms with E-state index in [9.17, 15) is 4.79 Å². The number of hydrogen-bond donors (Lipinski definition) is 0. The molecule has 0 saturated heterocycles. The van der Waals surface area contributed by atoms with Crippen LogP contribution in [0, 0.1) is 0 Å². The van der Waals surface area contributed by atoms with Crippen molar-refractivity contribution in [1.82, 2.24) is 4.98 Å². The van der Waals surface area contributed by atoms with Gasteiger partial charge < -0.3 is 9.80 Å². The number of para-hydroxylation sites is 2. The molecule has 3 aromatic rings. The second-order valence-electron chi connectivity index (χ2n) is 6.46. The molecular weight excluding hydrogens is 322 g/mol. The maximum Gasteiger partial charge on any atom is 0.276 e. The monoisotopic (exact) mass is 343 g/mol. The largest absolute Gasteiger partial charge is 0.326 e. The van der Waals surface area contributed by atoms with Crippen molar-refractivity contribution >= 4 is 23.1 Å². The summed E-state index contributed by atoms with van der Waals surface area (Å²) < 4.78 is 0. The van der Waals surface area contributed by atoms with Gasteiger partial charge in [-0.1, -0.05) is 42.5 Å². The van der Waals surface area contributed by atoms with E-state index in [1.165, 1.54) is 11.3 Å². The van der Waals surface area contributed by atoms with Gasteiger partial charge in [0.05, 0.1) is 0 Å². The van der Waals surface area contributed by atoms with E-state index in [0.717, 1.165) is 30.9 Å². The first-order chi connectivity index (χ1) is 12.7. The van der Waals surface area contributed by atoms with Crippen LogP contribution in [-0.4, -0.2) is 24.5 Å². The molecule has 1 amide bonds. The number of aryl methyl sites for hydroxylation is 1. The third kappa shape index (κ3) is 3.06. The molecular formula is C22H21N3O. The van der Waals surface area contributed by atoms with Gasteiger partial charge in [0.15, 0.2) is 0 Å². The van der Waals surface area contributed by atoms with Gasteiger partial charge >= 0.3 is 0 Å². The van der Waals surface area contributed by atoms with Gasteiger partial charge in [0.25, 0.3) is 5.91 Å². The normalized spacial score (nSPS) is 13.2. The Morgan fingerprint density at radius 2 is 1.73 bits per heavy atom. The Balaban J connectivity index is 1.65. The fraction of sp³-hybridized carbons (Fsp3) is 0.182. The minimum atomic E-state index is -0.108. The van der Waals surface area contributed by atoms with Gasteiger partial charge in [-0.15, -0.1) is 0 Å². The van der Waals surface area contributed by atoms with Crippen LogP contribution in [-0.2, 0) is 6.42 Å². The number of rotatable bonds is 3. The van der Waals surface area contributed by atoms with Crippen molar-refractivity contribution in [2.24, 2.45) is 0 Å². The summed E-state index contributed by atoms with van der Waals surface area (Å²) in [6.07, 6.45) is 2.17. The Morgan fingerprint density at radius 3 is 2.58 bits per heavy atom. The molecule has 0 bridgehead atoms. The summed E-state index contributed by atoms with van der Waals surface area (Å²) in [6.45, 7) is 0.913. The van der Waals surface area contributed by atoms with E-state index in [-0.39, 0.29) is 5.91 Å². The maximum atomic E-state index is 12.9.